The second-order valence-electron chi connectivity index (χ2n) is 3.80. The maximum atomic E-state index is 11.4. The number of nitrogens with two attached hydrogens (primary N) is 1. The molecule has 1 heterocycles. The van der Waals surface area contributed by atoms with Crippen LogP contribution in [0, 0.1) is 10.1 Å². The van der Waals surface area contributed by atoms with Crippen LogP contribution < -0.4 is 16.6 Å². The highest BCUT2D eigenvalue weighted by Gasteiger charge is 2.21. The number of hydrogen-bond donors (Lipinski definition) is 3. The maximum absolute atomic E-state index is 11.4. The molecule has 0 fully saturated rings. The molecule has 0 saturated heterocycles. The van der Waals surface area contributed by atoms with Gasteiger partial charge in [0.15, 0.2) is 5.69 Å². The molecule has 1 aromatic heterocycles. The lowest BCUT2D eigenvalue weighted by molar-refractivity contribution is -0.383. The molecule has 2 rings (SSSR count). The zero-order chi connectivity index (χ0) is 14.7. The Labute approximate surface area is 113 Å². The number of hydrogen-bond acceptors (Lipinski definition) is 6. The number of hydrazine groups is 1. The Kier molecular flexibility index (Phi) is 3.62. The predicted molar refractivity (Wildman–Crippen MR) is 71.4 cm³/mol. The zero-order valence-electron chi connectivity index (χ0n) is 10.5. The van der Waals surface area contributed by atoms with E-state index in [9.17, 15) is 14.9 Å². The van der Waals surface area contributed by atoms with Crippen molar-refractivity contribution in [1.82, 2.24) is 15.1 Å². The van der Waals surface area contributed by atoms with E-state index >= 15 is 0 Å². The van der Waals surface area contributed by atoms with Crippen molar-refractivity contribution in [3.8, 4) is 5.69 Å². The van der Waals surface area contributed by atoms with Gasteiger partial charge >= 0.3 is 5.69 Å². The minimum atomic E-state index is -0.564. The first-order valence-corrected chi connectivity index (χ1v) is 5.60. The lowest BCUT2D eigenvalue weighted by Crippen LogP contribution is -2.18. The lowest BCUT2D eigenvalue weighted by atomic mass is 10.2. The molecule has 1 amide bonds. The molecule has 0 spiro atoms. The number of carbonyl (C=O) groups excluding carboxylic acids is 1. The Bertz CT molecular complexity index is 666. The summed E-state index contributed by atoms with van der Waals surface area (Å²) in [6, 6.07) is 6.05. The molecular formula is C11H12N6O3. The zero-order valence-corrected chi connectivity index (χ0v) is 10.5. The van der Waals surface area contributed by atoms with Crippen molar-refractivity contribution < 1.29 is 9.72 Å². The summed E-state index contributed by atoms with van der Waals surface area (Å²) < 4.78 is 1.25. The number of nitro benzene ring substituents is 1. The Morgan fingerprint density at radius 1 is 1.45 bits per heavy atom. The second-order valence-corrected chi connectivity index (χ2v) is 3.80. The van der Waals surface area contributed by atoms with Crippen LogP contribution in [0.3, 0.4) is 0 Å². The van der Waals surface area contributed by atoms with Crippen molar-refractivity contribution in [3.05, 3.63) is 46.3 Å². The number of nitrogens with zero attached hydrogens (tertiary/aromatic N) is 3. The predicted octanol–water partition coefficient (Wildman–Crippen LogP) is 0.426. The highest BCUT2D eigenvalue weighted by molar-refractivity contribution is 5.92. The number of nitro groups is 1. The van der Waals surface area contributed by atoms with Gasteiger partial charge in [0.25, 0.3) is 5.91 Å². The Morgan fingerprint density at radius 3 is 2.80 bits per heavy atom. The van der Waals surface area contributed by atoms with Crippen LogP contribution in [0.1, 0.15) is 10.5 Å². The summed E-state index contributed by atoms with van der Waals surface area (Å²) in [6.45, 7) is 0. The number of amides is 1. The summed E-state index contributed by atoms with van der Waals surface area (Å²) >= 11 is 0. The molecule has 9 nitrogen and oxygen atoms in total. The van der Waals surface area contributed by atoms with E-state index in [1.807, 2.05) is 0 Å². The molecular weight excluding hydrogens is 264 g/mol. The van der Waals surface area contributed by atoms with E-state index in [2.05, 4.69) is 15.8 Å². The van der Waals surface area contributed by atoms with Gasteiger partial charge in [0.2, 0.25) is 0 Å². The van der Waals surface area contributed by atoms with Crippen LogP contribution in [0.25, 0.3) is 5.69 Å². The first-order valence-electron chi connectivity index (χ1n) is 5.60. The summed E-state index contributed by atoms with van der Waals surface area (Å²) in [5.41, 5.74) is 2.57. The van der Waals surface area contributed by atoms with E-state index < -0.39 is 4.92 Å². The fraction of sp³-hybridized carbons (Fsp3) is 0.0909. The van der Waals surface area contributed by atoms with Gasteiger partial charge in [-0.2, -0.15) is 5.10 Å². The average Bonchev–Trinajstić information content (AvgIpc) is 2.95. The van der Waals surface area contributed by atoms with Crippen LogP contribution in [0.15, 0.2) is 30.5 Å². The first-order chi connectivity index (χ1) is 9.58. The molecule has 104 valence electrons. The summed E-state index contributed by atoms with van der Waals surface area (Å²) in [5, 5.41) is 17.6. The smallest absolute Gasteiger partial charge is 0.319 e. The Morgan fingerprint density at radius 2 is 2.20 bits per heavy atom. The first kappa shape index (κ1) is 13.5. The van der Waals surface area contributed by atoms with Crippen LogP contribution in [0.2, 0.25) is 0 Å². The number of rotatable bonds is 4. The van der Waals surface area contributed by atoms with Crippen molar-refractivity contribution in [2.24, 2.45) is 5.84 Å². The molecule has 0 atom stereocenters. The Balaban J connectivity index is 2.55. The molecule has 0 saturated carbocycles. The molecule has 0 radical (unpaired) electrons. The summed E-state index contributed by atoms with van der Waals surface area (Å²) in [6.07, 6.45) is 1.47. The van der Waals surface area contributed by atoms with Gasteiger partial charge in [-0.05, 0) is 18.2 Å². The van der Waals surface area contributed by atoms with E-state index in [0.29, 0.717) is 0 Å². The van der Waals surface area contributed by atoms with Crippen molar-refractivity contribution in [1.29, 1.82) is 0 Å². The van der Waals surface area contributed by atoms with Gasteiger partial charge in [0.05, 0.1) is 4.92 Å². The number of nitrogens with one attached hydrogen (secondary N) is 2. The Hall–Kier alpha value is -2.94. The molecule has 2 aromatic rings. The van der Waals surface area contributed by atoms with Crippen molar-refractivity contribution in [3.63, 3.8) is 0 Å². The van der Waals surface area contributed by atoms with Crippen molar-refractivity contribution in [2.75, 3.05) is 12.5 Å². The van der Waals surface area contributed by atoms with Gasteiger partial charge < -0.3 is 10.7 Å². The third kappa shape index (κ3) is 2.29. The fourth-order valence-corrected chi connectivity index (χ4v) is 1.73. The van der Waals surface area contributed by atoms with E-state index in [-0.39, 0.29) is 28.7 Å². The minimum Gasteiger partial charge on any atom is -0.354 e. The van der Waals surface area contributed by atoms with Crippen LogP contribution in [-0.4, -0.2) is 27.7 Å². The topological polar surface area (TPSA) is 128 Å². The van der Waals surface area contributed by atoms with Crippen molar-refractivity contribution in [2.45, 2.75) is 0 Å². The highest BCUT2D eigenvalue weighted by Crippen LogP contribution is 2.30. The SMILES string of the molecule is CNC(=O)c1ccn(-c2cccc(NN)c2[N+](=O)[O-])n1. The molecule has 0 bridgehead atoms. The third-order valence-corrected chi connectivity index (χ3v) is 2.65. The van der Waals surface area contributed by atoms with E-state index in [0.717, 1.165) is 0 Å². The normalized spacial score (nSPS) is 10.1. The van der Waals surface area contributed by atoms with E-state index in [1.165, 1.54) is 36.1 Å². The summed E-state index contributed by atoms with van der Waals surface area (Å²) in [5.74, 6) is 4.89. The molecule has 4 N–H and O–H groups in total. The number of aromatic nitrogens is 2. The summed E-state index contributed by atoms with van der Waals surface area (Å²) in [4.78, 5) is 22.0. The number of carbonyl (C=O) groups is 1. The molecule has 0 aliphatic carbocycles. The van der Waals surface area contributed by atoms with Crippen molar-refractivity contribution >= 4 is 17.3 Å². The maximum Gasteiger partial charge on any atom is 0.319 e. The molecule has 0 aliphatic heterocycles. The number of para-hydroxylation sites is 1. The lowest BCUT2D eigenvalue weighted by Gasteiger charge is -2.07. The van der Waals surface area contributed by atoms with Crippen LogP contribution >= 0.6 is 0 Å². The molecule has 1 aromatic carbocycles. The van der Waals surface area contributed by atoms with Gasteiger partial charge in [0.1, 0.15) is 11.4 Å². The van der Waals surface area contributed by atoms with Gasteiger partial charge in [-0.15, -0.1) is 0 Å². The standard InChI is InChI=1S/C11H12N6O3/c1-13-11(18)8-5-6-16(15-8)9-4-2-3-7(14-12)10(9)17(19)20/h2-6,14H,12H2,1H3,(H,13,18). The number of nitrogen functional groups attached to an aromatic ring is 1. The van der Waals surface area contributed by atoms with Crippen LogP contribution in [-0.2, 0) is 0 Å². The number of benzene rings is 1. The van der Waals surface area contributed by atoms with Crippen LogP contribution in [0.4, 0.5) is 11.4 Å². The minimum absolute atomic E-state index is 0.157. The second kappa shape index (κ2) is 5.36. The molecule has 20 heavy (non-hydrogen) atoms. The molecule has 9 heteroatoms. The van der Waals surface area contributed by atoms with Gasteiger partial charge in [-0.3, -0.25) is 20.8 Å². The number of anilines is 1. The third-order valence-electron chi connectivity index (χ3n) is 2.65. The highest BCUT2D eigenvalue weighted by atomic mass is 16.6. The average molecular weight is 276 g/mol. The molecule has 0 aliphatic rings. The fourth-order valence-electron chi connectivity index (χ4n) is 1.73. The van der Waals surface area contributed by atoms with Gasteiger partial charge in [-0.1, -0.05) is 6.07 Å². The van der Waals surface area contributed by atoms with Crippen LogP contribution in [0.5, 0.6) is 0 Å². The quantitative estimate of drug-likeness (QED) is 0.422. The van der Waals surface area contributed by atoms with E-state index in [1.54, 1.807) is 6.07 Å². The largest absolute Gasteiger partial charge is 0.354 e. The monoisotopic (exact) mass is 276 g/mol. The van der Waals surface area contributed by atoms with Gasteiger partial charge in [0, 0.05) is 13.2 Å². The van der Waals surface area contributed by atoms with Gasteiger partial charge in [-0.25, -0.2) is 4.68 Å². The molecule has 0 unspecified atom stereocenters. The van der Waals surface area contributed by atoms with E-state index in [4.69, 9.17) is 5.84 Å². The summed E-state index contributed by atoms with van der Waals surface area (Å²) in [7, 11) is 1.47.